The molecule has 0 saturated heterocycles. The highest BCUT2D eigenvalue weighted by Gasteiger charge is 2.32. The van der Waals surface area contributed by atoms with Crippen molar-refractivity contribution in [3.05, 3.63) is 70.8 Å². The first-order valence-corrected chi connectivity index (χ1v) is 9.22. The summed E-state index contributed by atoms with van der Waals surface area (Å²) < 4.78 is 32.4. The van der Waals surface area contributed by atoms with Crippen LogP contribution in [0.15, 0.2) is 48.5 Å². The third-order valence-corrected chi connectivity index (χ3v) is 5.67. The molecule has 132 valence electrons. The van der Waals surface area contributed by atoms with Gasteiger partial charge >= 0.3 is 0 Å². The first kappa shape index (κ1) is 16.7. The maximum absolute atomic E-state index is 13.2. The second-order valence-corrected chi connectivity index (χ2v) is 7.42. The summed E-state index contributed by atoms with van der Waals surface area (Å²) >= 11 is 0. The number of ether oxygens (including phenoxy) is 1. The largest absolute Gasteiger partial charge is 0.372 e. The fourth-order valence-electron chi connectivity index (χ4n) is 4.00. The minimum absolute atomic E-state index is 0.332. The lowest BCUT2D eigenvalue weighted by atomic mass is 9.77. The van der Waals surface area contributed by atoms with Crippen LogP contribution in [0, 0.1) is 0 Å². The summed E-state index contributed by atoms with van der Waals surface area (Å²) in [6.45, 7) is 1.07. The van der Waals surface area contributed by atoms with Crippen molar-refractivity contribution in [2.24, 2.45) is 0 Å². The lowest BCUT2D eigenvalue weighted by Crippen LogP contribution is -2.24. The molecule has 2 fully saturated rings. The predicted octanol–water partition coefficient (Wildman–Crippen LogP) is 5.83. The van der Waals surface area contributed by atoms with Crippen molar-refractivity contribution >= 4 is 0 Å². The molecule has 2 saturated carbocycles. The summed E-state index contributed by atoms with van der Waals surface area (Å²) in [5.41, 5.74) is 4.77. The summed E-state index contributed by atoms with van der Waals surface area (Å²) in [5.74, 6) is 0.664. The number of rotatable bonds is 6. The summed E-state index contributed by atoms with van der Waals surface area (Å²) in [7, 11) is 0. The van der Waals surface area contributed by atoms with E-state index in [9.17, 15) is 8.78 Å². The molecule has 0 radical (unpaired) electrons. The second-order valence-electron chi connectivity index (χ2n) is 7.42. The van der Waals surface area contributed by atoms with Crippen LogP contribution < -0.4 is 0 Å². The Morgan fingerprint density at radius 3 is 1.48 bits per heavy atom. The zero-order chi connectivity index (χ0) is 17.2. The molecular weight excluding hydrogens is 318 g/mol. The van der Waals surface area contributed by atoms with Crippen LogP contribution in [0.1, 0.15) is 59.8 Å². The average molecular weight is 342 g/mol. The highest BCUT2D eigenvalue weighted by atomic mass is 19.1. The highest BCUT2D eigenvalue weighted by molar-refractivity contribution is 5.33. The molecule has 4 rings (SSSR count). The summed E-state index contributed by atoms with van der Waals surface area (Å²) in [5, 5.41) is 0. The van der Waals surface area contributed by atoms with Crippen LogP contribution in [0.4, 0.5) is 8.78 Å². The molecule has 25 heavy (non-hydrogen) atoms. The standard InChI is InChI=1S/C22H24F2O/c23-19-9-17(10-19)21-7-3-1-5-15(21)13-25-14-16-6-2-4-8-22(16)18-11-20(24)12-18/h1-8,17-20H,9-14H2. The Balaban J connectivity index is 1.39. The van der Waals surface area contributed by atoms with Gasteiger partial charge in [0.25, 0.3) is 0 Å². The van der Waals surface area contributed by atoms with Gasteiger partial charge in [-0.1, -0.05) is 48.5 Å². The second kappa shape index (κ2) is 7.25. The van der Waals surface area contributed by atoms with Crippen molar-refractivity contribution < 1.29 is 13.5 Å². The van der Waals surface area contributed by atoms with E-state index in [1.807, 2.05) is 24.3 Å². The third-order valence-electron chi connectivity index (χ3n) is 5.67. The van der Waals surface area contributed by atoms with Crippen molar-refractivity contribution in [3.8, 4) is 0 Å². The van der Waals surface area contributed by atoms with E-state index in [-0.39, 0.29) is 0 Å². The Labute approximate surface area is 148 Å². The predicted molar refractivity (Wildman–Crippen MR) is 95.1 cm³/mol. The quantitative estimate of drug-likeness (QED) is 0.641. The highest BCUT2D eigenvalue weighted by Crippen LogP contribution is 2.41. The molecule has 0 aliphatic heterocycles. The molecule has 2 aromatic carbocycles. The van der Waals surface area contributed by atoms with Crippen LogP contribution in [0.25, 0.3) is 0 Å². The van der Waals surface area contributed by atoms with Crippen molar-refractivity contribution in [3.63, 3.8) is 0 Å². The van der Waals surface area contributed by atoms with E-state index in [4.69, 9.17) is 4.74 Å². The fourth-order valence-corrected chi connectivity index (χ4v) is 4.00. The van der Waals surface area contributed by atoms with Gasteiger partial charge in [-0.3, -0.25) is 0 Å². The van der Waals surface area contributed by atoms with Crippen LogP contribution >= 0.6 is 0 Å². The molecule has 0 amide bonds. The zero-order valence-corrected chi connectivity index (χ0v) is 14.3. The smallest absolute Gasteiger partial charge is 0.101 e. The van der Waals surface area contributed by atoms with Gasteiger partial charge in [-0.15, -0.1) is 0 Å². The summed E-state index contributed by atoms with van der Waals surface area (Å²) in [4.78, 5) is 0. The Bertz CT molecular complexity index is 656. The van der Waals surface area contributed by atoms with E-state index < -0.39 is 12.3 Å². The minimum atomic E-state index is -0.646. The molecule has 0 bridgehead atoms. The SMILES string of the molecule is FC1CC(c2ccccc2COCc2ccccc2C2CC(F)C2)C1. The molecule has 0 unspecified atom stereocenters. The van der Waals surface area contributed by atoms with E-state index >= 15 is 0 Å². The summed E-state index contributed by atoms with van der Waals surface area (Å²) in [6.07, 6.45) is 1.23. The maximum Gasteiger partial charge on any atom is 0.101 e. The van der Waals surface area contributed by atoms with Crippen molar-refractivity contribution in [2.45, 2.75) is 63.1 Å². The molecule has 2 aromatic rings. The van der Waals surface area contributed by atoms with Gasteiger partial charge in [0.05, 0.1) is 13.2 Å². The molecular formula is C22H24F2O. The average Bonchev–Trinajstić information content (AvgIpc) is 2.57. The molecule has 0 N–H and O–H groups in total. The molecule has 2 aliphatic carbocycles. The lowest BCUT2D eigenvalue weighted by molar-refractivity contribution is 0.102. The van der Waals surface area contributed by atoms with E-state index in [0.717, 1.165) is 11.1 Å². The van der Waals surface area contributed by atoms with Crippen LogP contribution in [-0.4, -0.2) is 12.3 Å². The fraction of sp³-hybridized carbons (Fsp3) is 0.455. The van der Waals surface area contributed by atoms with Crippen molar-refractivity contribution in [2.75, 3.05) is 0 Å². The van der Waals surface area contributed by atoms with Gasteiger partial charge in [0.2, 0.25) is 0 Å². The minimum Gasteiger partial charge on any atom is -0.372 e. The molecule has 0 atom stereocenters. The number of benzene rings is 2. The monoisotopic (exact) mass is 342 g/mol. The normalized spacial score (nSPS) is 28.2. The first-order valence-electron chi connectivity index (χ1n) is 9.22. The van der Waals surface area contributed by atoms with Gasteiger partial charge in [-0.05, 0) is 59.8 Å². The zero-order valence-electron chi connectivity index (χ0n) is 14.3. The number of halogens is 2. The Hall–Kier alpha value is -1.74. The number of hydrogen-bond acceptors (Lipinski definition) is 1. The van der Waals surface area contributed by atoms with E-state index in [0.29, 0.717) is 50.7 Å². The number of alkyl halides is 2. The van der Waals surface area contributed by atoms with Crippen LogP contribution in [0.3, 0.4) is 0 Å². The van der Waals surface area contributed by atoms with Gasteiger partial charge in [-0.2, -0.15) is 0 Å². The van der Waals surface area contributed by atoms with Crippen molar-refractivity contribution in [1.82, 2.24) is 0 Å². The van der Waals surface area contributed by atoms with E-state index in [2.05, 4.69) is 24.3 Å². The van der Waals surface area contributed by atoms with Crippen LogP contribution in [0.5, 0.6) is 0 Å². The third kappa shape index (κ3) is 3.62. The maximum atomic E-state index is 13.2. The lowest BCUT2D eigenvalue weighted by Gasteiger charge is -2.32. The molecule has 1 nitrogen and oxygen atoms in total. The van der Waals surface area contributed by atoms with E-state index in [1.165, 1.54) is 11.1 Å². The van der Waals surface area contributed by atoms with Crippen LogP contribution in [-0.2, 0) is 18.0 Å². The van der Waals surface area contributed by atoms with Gasteiger partial charge in [0.15, 0.2) is 0 Å². The summed E-state index contributed by atoms with van der Waals surface area (Å²) in [6, 6.07) is 16.4. The Morgan fingerprint density at radius 2 is 1.08 bits per heavy atom. The van der Waals surface area contributed by atoms with Gasteiger partial charge in [0.1, 0.15) is 12.3 Å². The Kier molecular flexibility index (Phi) is 4.85. The van der Waals surface area contributed by atoms with E-state index in [1.54, 1.807) is 0 Å². The van der Waals surface area contributed by atoms with Gasteiger partial charge < -0.3 is 4.74 Å². The van der Waals surface area contributed by atoms with Gasteiger partial charge in [0, 0.05) is 0 Å². The first-order chi connectivity index (χ1) is 12.2. The molecule has 3 heteroatoms. The van der Waals surface area contributed by atoms with Crippen LogP contribution in [0.2, 0.25) is 0 Å². The molecule has 0 spiro atoms. The molecule has 0 aromatic heterocycles. The molecule has 0 heterocycles. The molecule has 2 aliphatic rings. The topological polar surface area (TPSA) is 9.23 Å². The van der Waals surface area contributed by atoms with Gasteiger partial charge in [-0.25, -0.2) is 8.78 Å². The number of hydrogen-bond donors (Lipinski definition) is 0. The Morgan fingerprint density at radius 1 is 0.680 bits per heavy atom. The van der Waals surface area contributed by atoms with Crippen molar-refractivity contribution in [1.29, 1.82) is 0 Å².